The average Bonchev–Trinajstić information content (AvgIpc) is 2.38. The molecule has 0 spiro atoms. The van der Waals surface area contributed by atoms with Crippen LogP contribution in [0.2, 0.25) is 0 Å². The molecule has 1 aromatic carbocycles. The standard InChI is InChI=1S/C14H19BrN2O2/c1-9(18)10-4-6-17(7-5-10)14(19)12-3-2-11(15)8-13(12)16/h2-3,8-10,18H,4-7,16H2,1H3. The van der Waals surface area contributed by atoms with Crippen molar-refractivity contribution in [3.8, 4) is 0 Å². The smallest absolute Gasteiger partial charge is 0.255 e. The van der Waals surface area contributed by atoms with E-state index in [1.54, 1.807) is 12.1 Å². The predicted octanol–water partition coefficient (Wildman–Crippen LogP) is 2.26. The summed E-state index contributed by atoms with van der Waals surface area (Å²) in [7, 11) is 0. The number of aliphatic hydroxyl groups is 1. The third-order valence-corrected chi connectivity index (χ3v) is 4.25. The number of hydrogen-bond acceptors (Lipinski definition) is 3. The number of hydrogen-bond donors (Lipinski definition) is 2. The van der Waals surface area contributed by atoms with Crippen LogP contribution in [0.5, 0.6) is 0 Å². The lowest BCUT2D eigenvalue weighted by Crippen LogP contribution is -2.40. The van der Waals surface area contributed by atoms with Crippen LogP contribution in [0.25, 0.3) is 0 Å². The fourth-order valence-corrected chi connectivity index (χ4v) is 2.86. The van der Waals surface area contributed by atoms with Crippen LogP contribution in [0.3, 0.4) is 0 Å². The van der Waals surface area contributed by atoms with Crippen LogP contribution in [0.4, 0.5) is 5.69 Å². The number of anilines is 1. The third kappa shape index (κ3) is 3.28. The molecule has 0 aliphatic carbocycles. The van der Waals surface area contributed by atoms with Crippen molar-refractivity contribution >= 4 is 27.5 Å². The first-order chi connectivity index (χ1) is 8.99. The van der Waals surface area contributed by atoms with Gasteiger partial charge in [0.05, 0.1) is 11.7 Å². The van der Waals surface area contributed by atoms with E-state index in [2.05, 4.69) is 15.9 Å². The number of aliphatic hydroxyl groups excluding tert-OH is 1. The second kappa shape index (κ2) is 5.92. The summed E-state index contributed by atoms with van der Waals surface area (Å²) in [6.07, 6.45) is 1.40. The normalized spacial score (nSPS) is 18.4. The predicted molar refractivity (Wildman–Crippen MR) is 78.9 cm³/mol. The lowest BCUT2D eigenvalue weighted by Gasteiger charge is -2.33. The zero-order valence-corrected chi connectivity index (χ0v) is 12.6. The van der Waals surface area contributed by atoms with Crippen LogP contribution >= 0.6 is 15.9 Å². The molecule has 1 unspecified atom stereocenters. The number of carbonyl (C=O) groups excluding carboxylic acids is 1. The monoisotopic (exact) mass is 326 g/mol. The number of benzene rings is 1. The van der Waals surface area contributed by atoms with E-state index in [0.29, 0.717) is 30.3 Å². The molecule has 104 valence electrons. The summed E-state index contributed by atoms with van der Waals surface area (Å²) < 4.78 is 0.870. The Labute approximate surface area is 121 Å². The van der Waals surface area contributed by atoms with Crippen LogP contribution in [-0.4, -0.2) is 35.1 Å². The van der Waals surface area contributed by atoms with Gasteiger partial charge in [0.25, 0.3) is 5.91 Å². The van der Waals surface area contributed by atoms with Crippen LogP contribution in [0.1, 0.15) is 30.1 Å². The molecule has 1 amide bonds. The average molecular weight is 327 g/mol. The topological polar surface area (TPSA) is 66.6 Å². The minimum atomic E-state index is -0.296. The maximum Gasteiger partial charge on any atom is 0.255 e. The van der Waals surface area contributed by atoms with Gasteiger partial charge in [-0.2, -0.15) is 0 Å². The van der Waals surface area contributed by atoms with Gasteiger partial charge in [0.15, 0.2) is 0 Å². The number of carbonyl (C=O) groups is 1. The highest BCUT2D eigenvalue weighted by molar-refractivity contribution is 9.10. The minimum absolute atomic E-state index is 0.0194. The van der Waals surface area contributed by atoms with Crippen LogP contribution in [0, 0.1) is 5.92 Å². The van der Waals surface area contributed by atoms with E-state index in [1.165, 1.54) is 0 Å². The molecule has 19 heavy (non-hydrogen) atoms. The molecule has 1 aliphatic heterocycles. The molecule has 0 radical (unpaired) electrons. The van der Waals surface area contributed by atoms with Crippen LogP contribution in [-0.2, 0) is 0 Å². The van der Waals surface area contributed by atoms with Crippen molar-refractivity contribution < 1.29 is 9.90 Å². The summed E-state index contributed by atoms with van der Waals surface area (Å²) in [6, 6.07) is 5.32. The number of nitrogens with zero attached hydrogens (tertiary/aromatic N) is 1. The Bertz CT molecular complexity index is 469. The quantitative estimate of drug-likeness (QED) is 0.819. The first-order valence-corrected chi connectivity index (χ1v) is 7.30. The van der Waals surface area contributed by atoms with E-state index in [9.17, 15) is 9.90 Å². The first kappa shape index (κ1) is 14.3. The summed E-state index contributed by atoms with van der Waals surface area (Å²) in [6.45, 7) is 3.18. The Kier molecular flexibility index (Phi) is 4.47. The molecule has 3 N–H and O–H groups in total. The van der Waals surface area contributed by atoms with Gasteiger partial charge in [0, 0.05) is 23.2 Å². The zero-order chi connectivity index (χ0) is 14.0. The van der Waals surface area contributed by atoms with Crippen molar-refractivity contribution in [1.82, 2.24) is 4.90 Å². The van der Waals surface area contributed by atoms with Crippen molar-refractivity contribution in [3.63, 3.8) is 0 Å². The van der Waals surface area contributed by atoms with Gasteiger partial charge < -0.3 is 15.7 Å². The van der Waals surface area contributed by atoms with Gasteiger partial charge in [-0.3, -0.25) is 4.79 Å². The zero-order valence-electron chi connectivity index (χ0n) is 11.0. The van der Waals surface area contributed by atoms with Gasteiger partial charge in [-0.1, -0.05) is 15.9 Å². The Morgan fingerprint density at radius 1 is 1.47 bits per heavy atom. The maximum absolute atomic E-state index is 12.4. The molecular weight excluding hydrogens is 308 g/mol. The highest BCUT2D eigenvalue weighted by atomic mass is 79.9. The molecule has 1 aliphatic rings. The number of amides is 1. The molecule has 2 rings (SSSR count). The summed E-state index contributed by atoms with van der Waals surface area (Å²) in [5, 5.41) is 9.57. The molecule has 0 bridgehead atoms. The van der Waals surface area contributed by atoms with Crippen LogP contribution < -0.4 is 5.73 Å². The van der Waals surface area contributed by atoms with Crippen molar-refractivity contribution in [2.24, 2.45) is 5.92 Å². The lowest BCUT2D eigenvalue weighted by molar-refractivity contribution is 0.0522. The molecule has 5 heteroatoms. The Morgan fingerprint density at radius 2 is 2.11 bits per heavy atom. The van der Waals surface area contributed by atoms with Gasteiger partial charge >= 0.3 is 0 Å². The highest BCUT2D eigenvalue weighted by Gasteiger charge is 2.26. The largest absolute Gasteiger partial charge is 0.398 e. The van der Waals surface area contributed by atoms with Gasteiger partial charge in [-0.25, -0.2) is 0 Å². The molecule has 4 nitrogen and oxygen atoms in total. The number of nitrogen functional groups attached to an aromatic ring is 1. The Morgan fingerprint density at radius 3 is 2.63 bits per heavy atom. The van der Waals surface area contributed by atoms with Gasteiger partial charge in [-0.15, -0.1) is 0 Å². The van der Waals surface area contributed by atoms with Crippen molar-refractivity contribution in [2.75, 3.05) is 18.8 Å². The minimum Gasteiger partial charge on any atom is -0.398 e. The molecule has 1 fully saturated rings. The summed E-state index contributed by atoms with van der Waals surface area (Å²) in [5.41, 5.74) is 6.94. The molecule has 0 aromatic heterocycles. The second-order valence-electron chi connectivity index (χ2n) is 5.10. The highest BCUT2D eigenvalue weighted by Crippen LogP contribution is 2.24. The summed E-state index contributed by atoms with van der Waals surface area (Å²) in [5.74, 6) is 0.278. The van der Waals surface area contributed by atoms with E-state index in [1.807, 2.05) is 17.9 Å². The molecular formula is C14H19BrN2O2. The van der Waals surface area contributed by atoms with Gasteiger partial charge in [0.1, 0.15) is 0 Å². The summed E-state index contributed by atoms with van der Waals surface area (Å²) in [4.78, 5) is 14.2. The van der Waals surface area contributed by atoms with Gasteiger partial charge in [-0.05, 0) is 43.9 Å². The van der Waals surface area contributed by atoms with E-state index in [4.69, 9.17) is 5.73 Å². The third-order valence-electron chi connectivity index (χ3n) is 3.75. The second-order valence-corrected chi connectivity index (χ2v) is 6.02. The molecule has 0 saturated carbocycles. The van der Waals surface area contributed by atoms with Crippen molar-refractivity contribution in [1.29, 1.82) is 0 Å². The van der Waals surface area contributed by atoms with E-state index in [0.717, 1.165) is 17.3 Å². The Balaban J connectivity index is 2.05. The van der Waals surface area contributed by atoms with Gasteiger partial charge in [0.2, 0.25) is 0 Å². The fourth-order valence-electron chi connectivity index (χ4n) is 2.48. The SMILES string of the molecule is CC(O)C1CCN(C(=O)c2ccc(Br)cc2N)CC1. The first-order valence-electron chi connectivity index (χ1n) is 6.51. The molecule has 1 heterocycles. The number of likely N-dealkylation sites (tertiary alicyclic amines) is 1. The van der Waals surface area contributed by atoms with E-state index < -0.39 is 0 Å². The van der Waals surface area contributed by atoms with E-state index in [-0.39, 0.29) is 12.0 Å². The van der Waals surface area contributed by atoms with Crippen LogP contribution in [0.15, 0.2) is 22.7 Å². The number of piperidine rings is 1. The molecule has 1 saturated heterocycles. The number of nitrogens with two attached hydrogens (primary N) is 1. The lowest BCUT2D eigenvalue weighted by atomic mass is 9.92. The maximum atomic E-state index is 12.4. The molecule has 1 aromatic rings. The fraction of sp³-hybridized carbons (Fsp3) is 0.500. The summed E-state index contributed by atoms with van der Waals surface area (Å²) >= 11 is 3.33. The van der Waals surface area contributed by atoms with Crippen molar-refractivity contribution in [3.05, 3.63) is 28.2 Å². The van der Waals surface area contributed by atoms with E-state index >= 15 is 0 Å². The molecule has 1 atom stereocenters. The number of rotatable bonds is 2. The number of halogens is 1. The van der Waals surface area contributed by atoms with Crippen molar-refractivity contribution in [2.45, 2.75) is 25.9 Å². The Hall–Kier alpha value is -1.07.